The van der Waals surface area contributed by atoms with Crippen LogP contribution >= 0.6 is 15.9 Å². The van der Waals surface area contributed by atoms with E-state index in [1.807, 2.05) is 30.3 Å². The predicted octanol–water partition coefficient (Wildman–Crippen LogP) is 3.82. The summed E-state index contributed by atoms with van der Waals surface area (Å²) in [5, 5.41) is 6.03. The van der Waals surface area contributed by atoms with E-state index in [1.165, 1.54) is 12.1 Å². The van der Waals surface area contributed by atoms with Gasteiger partial charge in [-0.25, -0.2) is 4.39 Å². The Morgan fingerprint density at radius 3 is 2.57 bits per heavy atom. The molecule has 0 atom stereocenters. The Morgan fingerprint density at radius 1 is 1.10 bits per heavy atom. The average molecular weight is 351 g/mol. The quantitative estimate of drug-likeness (QED) is 0.777. The van der Waals surface area contributed by atoms with E-state index in [9.17, 15) is 9.18 Å². The second-order valence-corrected chi connectivity index (χ2v) is 5.48. The van der Waals surface area contributed by atoms with Gasteiger partial charge in [0.05, 0.1) is 0 Å². The monoisotopic (exact) mass is 350 g/mol. The number of hydrogen-bond acceptors (Lipinski definition) is 2. The maximum absolute atomic E-state index is 13.2. The fourth-order valence-electron chi connectivity index (χ4n) is 1.87. The molecule has 21 heavy (non-hydrogen) atoms. The number of halogens is 2. The third-order valence-corrected chi connectivity index (χ3v) is 3.32. The third-order valence-electron chi connectivity index (χ3n) is 2.87. The molecule has 0 fully saturated rings. The molecule has 2 N–H and O–H groups in total. The zero-order chi connectivity index (χ0) is 15.1. The average Bonchev–Trinajstić information content (AvgIpc) is 2.47. The van der Waals surface area contributed by atoms with Crippen LogP contribution < -0.4 is 10.6 Å². The van der Waals surface area contributed by atoms with Crippen molar-refractivity contribution in [2.75, 3.05) is 18.4 Å². The minimum Gasteiger partial charge on any atom is -0.385 e. The molecule has 0 spiro atoms. The van der Waals surface area contributed by atoms with Crippen LogP contribution in [0, 0.1) is 5.82 Å². The number of hydrogen-bond donors (Lipinski definition) is 2. The topological polar surface area (TPSA) is 41.1 Å². The standard InChI is InChI=1S/C16H16BrFN2O/c17-13-9-12(10-14(18)11-13)16(21)20-8-4-7-19-15-5-2-1-3-6-15/h1-3,5-6,9-11,19H,4,7-8H2,(H,20,21). The van der Waals surface area contributed by atoms with Gasteiger partial charge in [0.25, 0.3) is 5.91 Å². The van der Waals surface area contributed by atoms with Crippen LogP contribution in [0.1, 0.15) is 16.8 Å². The first kappa shape index (κ1) is 15.5. The lowest BCUT2D eigenvalue weighted by atomic mass is 10.2. The summed E-state index contributed by atoms with van der Waals surface area (Å²) < 4.78 is 13.8. The van der Waals surface area contributed by atoms with Gasteiger partial charge < -0.3 is 10.6 Å². The Labute approximate surface area is 131 Å². The Morgan fingerprint density at radius 2 is 1.86 bits per heavy atom. The van der Waals surface area contributed by atoms with Crippen LogP contribution in [-0.4, -0.2) is 19.0 Å². The number of benzene rings is 2. The summed E-state index contributed by atoms with van der Waals surface area (Å²) in [7, 11) is 0. The zero-order valence-corrected chi connectivity index (χ0v) is 13.0. The Kier molecular flexibility index (Phi) is 5.75. The minimum atomic E-state index is -0.430. The molecule has 0 heterocycles. The highest BCUT2D eigenvalue weighted by molar-refractivity contribution is 9.10. The zero-order valence-electron chi connectivity index (χ0n) is 11.4. The van der Waals surface area contributed by atoms with Gasteiger partial charge >= 0.3 is 0 Å². The van der Waals surface area contributed by atoms with Crippen molar-refractivity contribution in [1.29, 1.82) is 0 Å². The molecule has 0 aliphatic rings. The lowest BCUT2D eigenvalue weighted by molar-refractivity contribution is 0.0953. The molecule has 0 aliphatic heterocycles. The summed E-state index contributed by atoms with van der Waals surface area (Å²) >= 11 is 3.17. The summed E-state index contributed by atoms with van der Waals surface area (Å²) in [6.07, 6.45) is 0.789. The van der Waals surface area contributed by atoms with Gasteiger partial charge in [-0.05, 0) is 36.8 Å². The molecule has 0 saturated carbocycles. The smallest absolute Gasteiger partial charge is 0.251 e. The van der Waals surface area contributed by atoms with Crippen LogP contribution in [-0.2, 0) is 0 Å². The minimum absolute atomic E-state index is 0.269. The first-order chi connectivity index (χ1) is 10.1. The molecule has 1 amide bonds. The van der Waals surface area contributed by atoms with Crippen LogP contribution in [0.15, 0.2) is 53.0 Å². The van der Waals surface area contributed by atoms with Crippen LogP contribution in [0.3, 0.4) is 0 Å². The van der Waals surface area contributed by atoms with Crippen LogP contribution in [0.25, 0.3) is 0 Å². The van der Waals surface area contributed by atoms with E-state index in [1.54, 1.807) is 6.07 Å². The van der Waals surface area contributed by atoms with Gasteiger partial charge in [-0.1, -0.05) is 34.1 Å². The number of carbonyl (C=O) groups is 1. The van der Waals surface area contributed by atoms with Crippen molar-refractivity contribution in [3.63, 3.8) is 0 Å². The van der Waals surface area contributed by atoms with Crippen molar-refractivity contribution >= 4 is 27.5 Å². The Balaban J connectivity index is 1.72. The number of anilines is 1. The Bertz CT molecular complexity index is 584. The molecular formula is C16H16BrFN2O. The Hall–Kier alpha value is -1.88. The van der Waals surface area contributed by atoms with Gasteiger partial charge in [-0.2, -0.15) is 0 Å². The van der Waals surface area contributed by atoms with Crippen molar-refractivity contribution in [2.24, 2.45) is 0 Å². The number of para-hydroxylation sites is 1. The summed E-state index contributed by atoms with van der Waals surface area (Å²) in [5.41, 5.74) is 1.37. The molecule has 2 aromatic carbocycles. The molecule has 110 valence electrons. The molecule has 5 heteroatoms. The second kappa shape index (κ2) is 7.78. The normalized spacial score (nSPS) is 10.2. The van der Waals surface area contributed by atoms with Crippen molar-refractivity contribution in [3.8, 4) is 0 Å². The molecule has 2 rings (SSSR count). The summed E-state index contributed by atoms with van der Waals surface area (Å²) in [5.74, 6) is -0.699. The number of rotatable bonds is 6. The SMILES string of the molecule is O=C(NCCCNc1ccccc1)c1cc(F)cc(Br)c1. The van der Waals surface area contributed by atoms with Gasteiger partial charge in [-0.3, -0.25) is 4.79 Å². The highest BCUT2D eigenvalue weighted by Crippen LogP contribution is 2.14. The van der Waals surface area contributed by atoms with Crippen LogP contribution in [0.5, 0.6) is 0 Å². The van der Waals surface area contributed by atoms with Gasteiger partial charge in [0.1, 0.15) is 5.82 Å². The maximum Gasteiger partial charge on any atom is 0.251 e. The number of nitrogens with one attached hydrogen (secondary N) is 2. The van der Waals surface area contributed by atoms with E-state index in [0.717, 1.165) is 18.7 Å². The van der Waals surface area contributed by atoms with Crippen molar-refractivity contribution in [2.45, 2.75) is 6.42 Å². The highest BCUT2D eigenvalue weighted by Gasteiger charge is 2.07. The second-order valence-electron chi connectivity index (χ2n) is 4.56. The molecular weight excluding hydrogens is 335 g/mol. The summed E-state index contributed by atoms with van der Waals surface area (Å²) in [6, 6.07) is 14.0. The van der Waals surface area contributed by atoms with Gasteiger partial charge in [0.2, 0.25) is 0 Å². The number of amides is 1. The van der Waals surface area contributed by atoms with E-state index < -0.39 is 5.82 Å². The van der Waals surface area contributed by atoms with E-state index in [2.05, 4.69) is 26.6 Å². The summed E-state index contributed by atoms with van der Waals surface area (Å²) in [4.78, 5) is 11.9. The largest absolute Gasteiger partial charge is 0.385 e. The lowest BCUT2D eigenvalue weighted by Gasteiger charge is -2.08. The molecule has 0 unspecified atom stereocenters. The van der Waals surface area contributed by atoms with Crippen molar-refractivity contribution in [3.05, 3.63) is 64.4 Å². The fourth-order valence-corrected chi connectivity index (χ4v) is 2.33. The van der Waals surface area contributed by atoms with Crippen LogP contribution in [0.2, 0.25) is 0 Å². The first-order valence-corrected chi connectivity index (χ1v) is 7.47. The summed E-state index contributed by atoms with van der Waals surface area (Å²) in [6.45, 7) is 1.30. The molecule has 0 aliphatic carbocycles. The fraction of sp³-hybridized carbons (Fsp3) is 0.188. The molecule has 2 aromatic rings. The van der Waals surface area contributed by atoms with Gasteiger partial charge in [-0.15, -0.1) is 0 Å². The van der Waals surface area contributed by atoms with Gasteiger partial charge in [0.15, 0.2) is 0 Å². The van der Waals surface area contributed by atoms with Crippen molar-refractivity contribution in [1.82, 2.24) is 5.32 Å². The van der Waals surface area contributed by atoms with E-state index in [4.69, 9.17) is 0 Å². The van der Waals surface area contributed by atoms with E-state index in [-0.39, 0.29) is 5.91 Å². The highest BCUT2D eigenvalue weighted by atomic mass is 79.9. The van der Waals surface area contributed by atoms with E-state index >= 15 is 0 Å². The molecule has 0 radical (unpaired) electrons. The first-order valence-electron chi connectivity index (χ1n) is 6.68. The molecule has 0 aromatic heterocycles. The number of carbonyl (C=O) groups excluding carboxylic acids is 1. The molecule has 0 saturated heterocycles. The molecule has 3 nitrogen and oxygen atoms in total. The van der Waals surface area contributed by atoms with Gasteiger partial charge in [0, 0.05) is 28.8 Å². The predicted molar refractivity (Wildman–Crippen MR) is 86.0 cm³/mol. The molecule has 0 bridgehead atoms. The van der Waals surface area contributed by atoms with Crippen LogP contribution in [0.4, 0.5) is 10.1 Å². The maximum atomic E-state index is 13.2. The lowest BCUT2D eigenvalue weighted by Crippen LogP contribution is -2.25. The third kappa shape index (κ3) is 5.19. The van der Waals surface area contributed by atoms with Crippen molar-refractivity contribution < 1.29 is 9.18 Å². The van der Waals surface area contributed by atoms with E-state index in [0.29, 0.717) is 16.6 Å².